The van der Waals surface area contributed by atoms with Crippen LogP contribution in [0.25, 0.3) is 10.8 Å². The zero-order valence-corrected chi connectivity index (χ0v) is 19.5. The van der Waals surface area contributed by atoms with Crippen LogP contribution < -0.4 is 10.1 Å². The molecule has 2 aromatic carbocycles. The number of fused-ring (bicyclic) bond motifs is 1. The van der Waals surface area contributed by atoms with Crippen LogP contribution >= 0.6 is 11.8 Å². The summed E-state index contributed by atoms with van der Waals surface area (Å²) in [5.41, 5.74) is 0. The molecule has 166 valence electrons. The van der Waals surface area contributed by atoms with Gasteiger partial charge in [0.05, 0.1) is 6.61 Å². The number of rotatable bonds is 16. The highest BCUT2D eigenvalue weighted by atomic mass is 32.2. The van der Waals surface area contributed by atoms with Crippen LogP contribution in [0.15, 0.2) is 42.5 Å². The van der Waals surface area contributed by atoms with Crippen molar-refractivity contribution in [2.24, 2.45) is 0 Å². The van der Waals surface area contributed by atoms with Crippen molar-refractivity contribution < 1.29 is 9.53 Å². The summed E-state index contributed by atoms with van der Waals surface area (Å²) in [6, 6.07) is 14.4. The highest BCUT2D eigenvalue weighted by Gasteiger charge is 2.02. The van der Waals surface area contributed by atoms with Crippen LogP contribution in [0.3, 0.4) is 0 Å². The van der Waals surface area contributed by atoms with Gasteiger partial charge in [0.1, 0.15) is 5.75 Å². The van der Waals surface area contributed by atoms with E-state index in [4.69, 9.17) is 4.74 Å². The first kappa shape index (κ1) is 24.6. The molecule has 3 nitrogen and oxygen atoms in total. The molecule has 0 aliphatic heterocycles. The van der Waals surface area contributed by atoms with Crippen molar-refractivity contribution in [1.29, 1.82) is 0 Å². The maximum Gasteiger partial charge on any atom is 0.279 e. The summed E-state index contributed by atoms with van der Waals surface area (Å²) in [6.45, 7) is 3.70. The predicted molar refractivity (Wildman–Crippen MR) is 132 cm³/mol. The predicted octanol–water partition coefficient (Wildman–Crippen LogP) is 7.97. The third-order valence-electron chi connectivity index (χ3n) is 5.31. The number of hydrogen-bond acceptors (Lipinski definition) is 3. The molecule has 0 saturated carbocycles. The van der Waals surface area contributed by atoms with Gasteiger partial charge in [0.25, 0.3) is 5.24 Å². The van der Waals surface area contributed by atoms with Gasteiger partial charge in [0.15, 0.2) is 0 Å². The minimum absolute atomic E-state index is 0.0941. The maximum absolute atomic E-state index is 11.9. The fourth-order valence-electron chi connectivity index (χ4n) is 3.52. The normalized spacial score (nSPS) is 11.0. The van der Waals surface area contributed by atoms with Gasteiger partial charge in [-0.05, 0) is 35.7 Å². The van der Waals surface area contributed by atoms with Crippen LogP contribution in [-0.4, -0.2) is 24.1 Å². The molecule has 2 aromatic rings. The molecule has 4 heteroatoms. The molecule has 0 aliphatic carbocycles. The number of unbranched alkanes of at least 4 members (excludes halogenated alkanes) is 9. The number of amides is 1. The van der Waals surface area contributed by atoms with E-state index in [1.165, 1.54) is 80.3 Å². The molecule has 0 aliphatic rings. The second kappa shape index (κ2) is 16.1. The summed E-state index contributed by atoms with van der Waals surface area (Å²) in [6.07, 6.45) is 14.1. The van der Waals surface area contributed by atoms with E-state index in [9.17, 15) is 4.79 Å². The standard InChI is InChI=1S/C26H39NO2S/c1-2-3-4-5-6-7-8-9-10-13-19-27-26(28)30-21-14-20-29-25-18-17-23-15-11-12-16-24(23)22-25/h11-12,15-18,22H,2-10,13-14,19-21H2,1H3,(H,27,28). The molecule has 0 atom stereocenters. The Balaban J connectivity index is 1.39. The molecule has 0 spiro atoms. The van der Waals surface area contributed by atoms with Gasteiger partial charge < -0.3 is 10.1 Å². The highest BCUT2D eigenvalue weighted by molar-refractivity contribution is 8.13. The number of nitrogens with one attached hydrogen (secondary N) is 1. The van der Waals surface area contributed by atoms with E-state index in [1.807, 2.05) is 18.2 Å². The third-order valence-corrected chi connectivity index (χ3v) is 6.21. The molecule has 1 amide bonds. The largest absolute Gasteiger partial charge is 0.494 e. The summed E-state index contributed by atoms with van der Waals surface area (Å²) in [4.78, 5) is 11.9. The Morgan fingerprint density at radius 3 is 2.23 bits per heavy atom. The van der Waals surface area contributed by atoms with Gasteiger partial charge in [-0.2, -0.15) is 0 Å². The molecule has 0 saturated heterocycles. The van der Waals surface area contributed by atoms with E-state index < -0.39 is 0 Å². The average Bonchev–Trinajstić information content (AvgIpc) is 2.77. The SMILES string of the molecule is CCCCCCCCCCCCNC(=O)SCCCOc1ccc2ccccc2c1. The Morgan fingerprint density at radius 2 is 1.50 bits per heavy atom. The second-order valence-electron chi connectivity index (χ2n) is 7.96. The van der Waals surface area contributed by atoms with E-state index in [-0.39, 0.29) is 5.24 Å². The number of carbonyl (C=O) groups excluding carboxylic acids is 1. The average molecular weight is 430 g/mol. The molecule has 1 N–H and O–H groups in total. The fraction of sp³-hybridized carbons (Fsp3) is 0.577. The highest BCUT2D eigenvalue weighted by Crippen LogP contribution is 2.20. The van der Waals surface area contributed by atoms with Gasteiger partial charge in [-0.25, -0.2) is 0 Å². The maximum atomic E-state index is 11.9. The van der Waals surface area contributed by atoms with Gasteiger partial charge in [-0.3, -0.25) is 4.79 Å². The van der Waals surface area contributed by atoms with E-state index in [2.05, 4.69) is 36.5 Å². The quantitative estimate of drug-likeness (QED) is 0.275. The molecule has 0 bridgehead atoms. The summed E-state index contributed by atoms with van der Waals surface area (Å²) in [5, 5.41) is 5.53. The monoisotopic (exact) mass is 429 g/mol. The number of ether oxygens (including phenoxy) is 1. The molecule has 0 radical (unpaired) electrons. The van der Waals surface area contributed by atoms with Gasteiger partial charge in [-0.1, -0.05) is 107 Å². The Kier molecular flexibility index (Phi) is 13.2. The Bertz CT molecular complexity index is 719. The molecular weight excluding hydrogens is 390 g/mol. The van der Waals surface area contributed by atoms with Crippen LogP contribution in [0.2, 0.25) is 0 Å². The van der Waals surface area contributed by atoms with Crippen LogP contribution in [0.1, 0.15) is 77.6 Å². The summed E-state index contributed by atoms with van der Waals surface area (Å²) >= 11 is 1.37. The Hall–Kier alpha value is -1.68. The smallest absolute Gasteiger partial charge is 0.279 e. The molecule has 0 aromatic heterocycles. The zero-order chi connectivity index (χ0) is 21.3. The number of carbonyl (C=O) groups is 1. The van der Waals surface area contributed by atoms with Crippen molar-refractivity contribution in [2.45, 2.75) is 77.6 Å². The van der Waals surface area contributed by atoms with Gasteiger partial charge in [0.2, 0.25) is 0 Å². The van der Waals surface area contributed by atoms with Crippen molar-refractivity contribution in [3.8, 4) is 5.75 Å². The minimum atomic E-state index is 0.0941. The van der Waals surface area contributed by atoms with Crippen molar-refractivity contribution in [2.75, 3.05) is 18.9 Å². The second-order valence-corrected chi connectivity index (χ2v) is 9.02. The molecule has 30 heavy (non-hydrogen) atoms. The molecule has 0 fully saturated rings. The number of hydrogen-bond donors (Lipinski definition) is 1. The molecule has 0 heterocycles. The van der Waals surface area contributed by atoms with Crippen molar-refractivity contribution in [1.82, 2.24) is 5.32 Å². The lowest BCUT2D eigenvalue weighted by Crippen LogP contribution is -2.20. The molecule has 0 unspecified atom stereocenters. The van der Waals surface area contributed by atoms with Crippen LogP contribution in [0.5, 0.6) is 5.75 Å². The van der Waals surface area contributed by atoms with Crippen molar-refractivity contribution in [3.63, 3.8) is 0 Å². The number of thioether (sulfide) groups is 1. The molecular formula is C26H39NO2S. The van der Waals surface area contributed by atoms with Crippen molar-refractivity contribution >= 4 is 27.8 Å². The lowest BCUT2D eigenvalue weighted by Gasteiger charge is -2.08. The van der Waals surface area contributed by atoms with Crippen LogP contribution in [-0.2, 0) is 0 Å². The lowest BCUT2D eigenvalue weighted by atomic mass is 10.1. The summed E-state index contributed by atoms with van der Waals surface area (Å²) in [5.74, 6) is 1.68. The van der Waals surface area contributed by atoms with Gasteiger partial charge >= 0.3 is 0 Å². The van der Waals surface area contributed by atoms with E-state index in [0.29, 0.717) is 6.61 Å². The topological polar surface area (TPSA) is 38.3 Å². The Labute approximate surface area is 187 Å². The summed E-state index contributed by atoms with van der Waals surface area (Å²) in [7, 11) is 0. The third kappa shape index (κ3) is 10.9. The first-order chi connectivity index (χ1) is 14.8. The summed E-state index contributed by atoms with van der Waals surface area (Å²) < 4.78 is 5.82. The first-order valence-electron chi connectivity index (χ1n) is 11.8. The zero-order valence-electron chi connectivity index (χ0n) is 18.7. The van der Waals surface area contributed by atoms with E-state index in [0.717, 1.165) is 30.9 Å². The lowest BCUT2D eigenvalue weighted by molar-refractivity contribution is 0.260. The van der Waals surface area contributed by atoms with Gasteiger partial charge in [-0.15, -0.1) is 0 Å². The van der Waals surface area contributed by atoms with Crippen molar-refractivity contribution in [3.05, 3.63) is 42.5 Å². The Morgan fingerprint density at radius 1 is 0.833 bits per heavy atom. The van der Waals surface area contributed by atoms with E-state index in [1.54, 1.807) is 0 Å². The first-order valence-corrected chi connectivity index (χ1v) is 12.8. The van der Waals surface area contributed by atoms with Crippen LogP contribution in [0, 0.1) is 0 Å². The molecule has 2 rings (SSSR count). The number of benzene rings is 2. The fourth-order valence-corrected chi connectivity index (χ4v) is 4.18. The minimum Gasteiger partial charge on any atom is -0.494 e. The van der Waals surface area contributed by atoms with Crippen LogP contribution in [0.4, 0.5) is 4.79 Å². The van der Waals surface area contributed by atoms with Gasteiger partial charge in [0, 0.05) is 12.3 Å². The van der Waals surface area contributed by atoms with E-state index >= 15 is 0 Å².